The van der Waals surface area contributed by atoms with Crippen molar-refractivity contribution >= 4 is 11.6 Å². The molecule has 0 atom stereocenters. The van der Waals surface area contributed by atoms with E-state index in [-0.39, 0.29) is 23.4 Å². The van der Waals surface area contributed by atoms with Crippen molar-refractivity contribution in [2.75, 3.05) is 0 Å². The summed E-state index contributed by atoms with van der Waals surface area (Å²) in [6.45, 7) is 7.97. The highest BCUT2D eigenvalue weighted by Crippen LogP contribution is 2.23. The van der Waals surface area contributed by atoms with E-state index in [4.69, 9.17) is 0 Å². The Morgan fingerprint density at radius 2 is 0.969 bits per heavy atom. The van der Waals surface area contributed by atoms with Crippen molar-refractivity contribution in [2.24, 2.45) is 11.8 Å². The van der Waals surface area contributed by atoms with Crippen molar-refractivity contribution in [1.82, 2.24) is 0 Å². The third-order valence-electron chi connectivity index (χ3n) is 6.15. The van der Waals surface area contributed by atoms with Crippen LogP contribution >= 0.6 is 0 Å². The summed E-state index contributed by atoms with van der Waals surface area (Å²) in [5, 5.41) is 0. The fourth-order valence-corrected chi connectivity index (χ4v) is 3.97. The molecule has 0 unspecified atom stereocenters. The molecule has 3 aromatic carbocycles. The molecule has 2 nitrogen and oxygen atoms in total. The van der Waals surface area contributed by atoms with Gasteiger partial charge in [-0.15, -0.1) is 0 Å². The van der Waals surface area contributed by atoms with E-state index >= 15 is 0 Å². The van der Waals surface area contributed by atoms with Gasteiger partial charge in [0.05, 0.1) is 0 Å². The lowest BCUT2D eigenvalue weighted by Crippen LogP contribution is -2.17. The van der Waals surface area contributed by atoms with Gasteiger partial charge in [-0.05, 0) is 50.7 Å². The number of aryl methyl sites for hydroxylation is 4. The van der Waals surface area contributed by atoms with Crippen LogP contribution in [0.3, 0.4) is 0 Å². The van der Waals surface area contributed by atoms with Crippen LogP contribution in [0.1, 0.15) is 69.7 Å². The summed E-state index contributed by atoms with van der Waals surface area (Å²) < 4.78 is 0. The van der Waals surface area contributed by atoms with Gasteiger partial charge in [0.1, 0.15) is 0 Å². The third-order valence-corrected chi connectivity index (χ3v) is 6.15. The van der Waals surface area contributed by atoms with Gasteiger partial charge < -0.3 is 0 Å². The fourth-order valence-electron chi connectivity index (χ4n) is 3.97. The molecule has 0 bridgehead atoms. The molecule has 0 aliphatic rings. The minimum absolute atomic E-state index is 0.0479. The maximum absolute atomic E-state index is 13.4. The number of carbonyl (C=O) groups excluding carboxylic acids is 2. The van der Waals surface area contributed by atoms with Crippen molar-refractivity contribution in [3.05, 3.63) is 106 Å². The number of Topliss-reactive ketones (excluding diaryl/α,β-unsaturated/α-hetero) is 2. The Morgan fingerprint density at radius 1 is 0.594 bits per heavy atom. The van der Waals surface area contributed by atoms with Crippen molar-refractivity contribution in [3.63, 3.8) is 0 Å². The summed E-state index contributed by atoms with van der Waals surface area (Å²) in [7, 11) is 0. The largest absolute Gasteiger partial charge is 0.294 e. The second-order valence-electron chi connectivity index (χ2n) is 9.21. The molecule has 0 fully saturated rings. The van der Waals surface area contributed by atoms with E-state index in [9.17, 15) is 9.59 Å². The molecule has 0 N–H and O–H groups in total. The van der Waals surface area contributed by atoms with Crippen molar-refractivity contribution in [1.29, 1.82) is 0 Å². The Kier molecular flexibility index (Phi) is 8.16. The van der Waals surface area contributed by atoms with Crippen LogP contribution in [0.15, 0.2) is 72.8 Å². The lowest BCUT2D eigenvalue weighted by Gasteiger charge is -2.17. The quantitative estimate of drug-likeness (QED) is 0.321. The van der Waals surface area contributed by atoms with Crippen LogP contribution in [0.2, 0.25) is 0 Å². The highest BCUT2D eigenvalue weighted by atomic mass is 16.1. The lowest BCUT2D eigenvalue weighted by atomic mass is 9.86. The predicted molar refractivity (Wildman–Crippen MR) is 132 cm³/mol. The molecule has 0 aliphatic carbocycles. The lowest BCUT2D eigenvalue weighted by molar-refractivity contribution is 0.0903. The van der Waals surface area contributed by atoms with Crippen LogP contribution in [0.25, 0.3) is 0 Å². The average molecular weight is 427 g/mol. The number of rotatable bonds is 10. The zero-order valence-corrected chi connectivity index (χ0v) is 19.7. The van der Waals surface area contributed by atoms with Gasteiger partial charge in [0, 0.05) is 23.0 Å². The van der Waals surface area contributed by atoms with E-state index in [1.165, 1.54) is 22.3 Å². The first-order valence-corrected chi connectivity index (χ1v) is 11.6. The molecule has 0 saturated carbocycles. The van der Waals surface area contributed by atoms with Crippen LogP contribution < -0.4 is 0 Å². The smallest absolute Gasteiger partial charge is 0.165 e. The normalized spacial score (nSPS) is 11.2. The molecular weight excluding hydrogens is 392 g/mol. The molecule has 0 heterocycles. The standard InChI is InChI=1S/C30H34O2/c1-21(2)29(31)26-17-19-28(20-18-26)30(32)27(15-13-24-9-5-22(3)6-10-24)16-14-25-11-7-23(4)8-12-25/h5-12,17-21,27H,13-16H2,1-4H3. The summed E-state index contributed by atoms with van der Waals surface area (Å²) in [6.07, 6.45) is 3.41. The second kappa shape index (κ2) is 11.0. The molecule has 32 heavy (non-hydrogen) atoms. The van der Waals surface area contributed by atoms with Crippen LogP contribution in [0, 0.1) is 25.7 Å². The highest BCUT2D eigenvalue weighted by molar-refractivity contribution is 6.01. The molecule has 0 amide bonds. The Morgan fingerprint density at radius 3 is 1.34 bits per heavy atom. The van der Waals surface area contributed by atoms with E-state index in [1.807, 2.05) is 26.0 Å². The molecule has 0 aromatic heterocycles. The van der Waals surface area contributed by atoms with Gasteiger partial charge in [0.2, 0.25) is 0 Å². The first kappa shape index (κ1) is 23.7. The number of benzene rings is 3. The number of carbonyl (C=O) groups is 2. The molecule has 3 rings (SSSR count). The average Bonchev–Trinajstić information content (AvgIpc) is 2.80. The summed E-state index contributed by atoms with van der Waals surface area (Å²) in [5.74, 6) is 0.185. The van der Waals surface area contributed by atoms with E-state index in [0.29, 0.717) is 11.1 Å². The Hall–Kier alpha value is -3.00. The molecular formula is C30H34O2. The zero-order valence-electron chi connectivity index (χ0n) is 19.7. The van der Waals surface area contributed by atoms with Crippen molar-refractivity contribution in [3.8, 4) is 0 Å². The molecule has 0 radical (unpaired) electrons. The maximum Gasteiger partial charge on any atom is 0.165 e. The Bertz CT molecular complexity index is 976. The van der Waals surface area contributed by atoms with E-state index in [2.05, 4.69) is 62.4 Å². The topological polar surface area (TPSA) is 34.1 Å². The summed E-state index contributed by atoms with van der Waals surface area (Å²) in [4.78, 5) is 25.7. The van der Waals surface area contributed by atoms with Crippen LogP contribution in [-0.2, 0) is 12.8 Å². The van der Waals surface area contributed by atoms with Gasteiger partial charge in [-0.1, -0.05) is 97.8 Å². The number of ketones is 2. The number of hydrogen-bond acceptors (Lipinski definition) is 2. The molecule has 0 aliphatic heterocycles. The minimum Gasteiger partial charge on any atom is -0.294 e. The predicted octanol–water partition coefficient (Wildman–Crippen LogP) is 7.21. The van der Waals surface area contributed by atoms with Crippen molar-refractivity contribution in [2.45, 2.75) is 53.4 Å². The molecule has 0 saturated heterocycles. The first-order valence-electron chi connectivity index (χ1n) is 11.6. The van der Waals surface area contributed by atoms with Crippen molar-refractivity contribution < 1.29 is 9.59 Å². The van der Waals surface area contributed by atoms with Gasteiger partial charge in [-0.2, -0.15) is 0 Å². The highest BCUT2D eigenvalue weighted by Gasteiger charge is 2.21. The SMILES string of the molecule is Cc1ccc(CCC(CCc2ccc(C)cc2)C(=O)c2ccc(C(=O)C(C)C)cc2)cc1. The van der Waals surface area contributed by atoms with Gasteiger partial charge in [0.25, 0.3) is 0 Å². The summed E-state index contributed by atoms with van der Waals surface area (Å²) in [5.41, 5.74) is 6.40. The maximum atomic E-state index is 13.4. The minimum atomic E-state index is -0.0516. The van der Waals surface area contributed by atoms with Crippen LogP contribution in [0.4, 0.5) is 0 Å². The van der Waals surface area contributed by atoms with Gasteiger partial charge in [0.15, 0.2) is 11.6 Å². The third kappa shape index (κ3) is 6.50. The fraction of sp³-hybridized carbons (Fsp3) is 0.333. The monoisotopic (exact) mass is 426 g/mol. The summed E-state index contributed by atoms with van der Waals surface area (Å²) in [6, 6.07) is 24.4. The first-order chi connectivity index (χ1) is 15.3. The number of hydrogen-bond donors (Lipinski definition) is 0. The zero-order chi connectivity index (χ0) is 23.1. The molecule has 2 heteroatoms. The Labute approximate surface area is 192 Å². The van der Waals surface area contributed by atoms with Gasteiger partial charge in [-0.3, -0.25) is 9.59 Å². The summed E-state index contributed by atoms with van der Waals surface area (Å²) >= 11 is 0. The van der Waals surface area contributed by atoms with Crippen LogP contribution in [0.5, 0.6) is 0 Å². The van der Waals surface area contributed by atoms with E-state index < -0.39 is 0 Å². The van der Waals surface area contributed by atoms with E-state index in [0.717, 1.165) is 25.7 Å². The van der Waals surface area contributed by atoms with Crippen LogP contribution in [-0.4, -0.2) is 11.6 Å². The van der Waals surface area contributed by atoms with Gasteiger partial charge in [-0.25, -0.2) is 0 Å². The molecule has 166 valence electrons. The Balaban J connectivity index is 1.74. The van der Waals surface area contributed by atoms with E-state index in [1.54, 1.807) is 12.1 Å². The second-order valence-corrected chi connectivity index (χ2v) is 9.21. The molecule has 3 aromatic rings. The van der Waals surface area contributed by atoms with Gasteiger partial charge >= 0.3 is 0 Å². The molecule has 0 spiro atoms.